The van der Waals surface area contributed by atoms with E-state index in [0.717, 1.165) is 12.8 Å². The average Bonchev–Trinajstić information content (AvgIpc) is 2.73. The van der Waals surface area contributed by atoms with E-state index in [1.807, 2.05) is 0 Å². The number of rotatable bonds is 8. The number of aryl methyl sites for hydroxylation is 2. The maximum absolute atomic E-state index is 2.52. The maximum atomic E-state index is 2.52. The van der Waals surface area contributed by atoms with Crippen LogP contribution in [0.4, 0.5) is 0 Å². The molecule has 0 atom stereocenters. The van der Waals surface area contributed by atoms with Gasteiger partial charge in [0.25, 0.3) is 0 Å². The zero-order valence-electron chi connectivity index (χ0n) is 18.0. The SMILES string of the molecule is CCCCc1cc(CC)c(-c2ccccc2)c(-c2ccccc2)c1CC(C)C. The van der Waals surface area contributed by atoms with E-state index in [9.17, 15) is 0 Å². The van der Waals surface area contributed by atoms with Crippen LogP contribution in [0.3, 0.4) is 0 Å². The molecule has 0 saturated heterocycles. The van der Waals surface area contributed by atoms with Crippen molar-refractivity contribution < 1.29 is 0 Å². The van der Waals surface area contributed by atoms with Gasteiger partial charge in [-0.2, -0.15) is 0 Å². The standard InChI is InChI=1S/C28H34/c1-5-7-14-25-20-22(6-2)27(23-15-10-8-11-16-23)28(26(25)19-21(3)4)24-17-12-9-13-18-24/h8-13,15-18,20-21H,5-7,14,19H2,1-4H3. The fourth-order valence-electron chi connectivity index (χ4n) is 4.21. The third-order valence-electron chi connectivity index (χ3n) is 5.53. The summed E-state index contributed by atoms with van der Waals surface area (Å²) in [5, 5.41) is 0. The van der Waals surface area contributed by atoms with E-state index in [2.05, 4.69) is 94.4 Å². The third kappa shape index (κ3) is 4.55. The van der Waals surface area contributed by atoms with E-state index >= 15 is 0 Å². The molecule has 3 aromatic carbocycles. The molecule has 0 amide bonds. The third-order valence-corrected chi connectivity index (χ3v) is 5.53. The van der Waals surface area contributed by atoms with Crippen LogP contribution in [-0.4, -0.2) is 0 Å². The molecule has 0 heterocycles. The Morgan fingerprint density at radius 1 is 0.714 bits per heavy atom. The van der Waals surface area contributed by atoms with E-state index in [0.29, 0.717) is 5.92 Å². The highest BCUT2D eigenvalue weighted by molar-refractivity contribution is 5.89. The minimum atomic E-state index is 0.638. The number of benzene rings is 3. The predicted molar refractivity (Wildman–Crippen MR) is 124 cm³/mol. The lowest BCUT2D eigenvalue weighted by atomic mass is 9.80. The molecule has 0 aliphatic carbocycles. The molecule has 28 heavy (non-hydrogen) atoms. The quantitative estimate of drug-likeness (QED) is 0.375. The second kappa shape index (κ2) is 9.73. The van der Waals surface area contributed by atoms with Gasteiger partial charge in [-0.3, -0.25) is 0 Å². The van der Waals surface area contributed by atoms with Crippen LogP contribution in [0.15, 0.2) is 66.7 Å². The van der Waals surface area contributed by atoms with Gasteiger partial charge in [-0.1, -0.05) is 101 Å². The lowest BCUT2D eigenvalue weighted by Gasteiger charge is -2.24. The van der Waals surface area contributed by atoms with Crippen molar-refractivity contribution in [3.8, 4) is 22.3 Å². The molecular weight excluding hydrogens is 336 g/mol. The van der Waals surface area contributed by atoms with Crippen molar-refractivity contribution in [2.24, 2.45) is 5.92 Å². The van der Waals surface area contributed by atoms with Crippen LogP contribution in [0.25, 0.3) is 22.3 Å². The minimum Gasteiger partial charge on any atom is -0.0654 e. The topological polar surface area (TPSA) is 0 Å². The van der Waals surface area contributed by atoms with Crippen LogP contribution < -0.4 is 0 Å². The van der Waals surface area contributed by atoms with Crippen molar-refractivity contribution in [3.05, 3.63) is 83.4 Å². The summed E-state index contributed by atoms with van der Waals surface area (Å²) in [4.78, 5) is 0. The lowest BCUT2D eigenvalue weighted by molar-refractivity contribution is 0.640. The molecule has 146 valence electrons. The molecule has 0 aromatic heterocycles. The molecule has 0 saturated carbocycles. The van der Waals surface area contributed by atoms with Gasteiger partial charge >= 0.3 is 0 Å². The Morgan fingerprint density at radius 3 is 1.79 bits per heavy atom. The largest absolute Gasteiger partial charge is 0.0654 e. The predicted octanol–water partition coefficient (Wildman–Crippen LogP) is 8.12. The summed E-state index contributed by atoms with van der Waals surface area (Å²) >= 11 is 0. The van der Waals surface area contributed by atoms with Crippen molar-refractivity contribution in [1.29, 1.82) is 0 Å². The molecule has 3 aromatic rings. The summed E-state index contributed by atoms with van der Waals surface area (Å²) in [6.45, 7) is 9.27. The summed E-state index contributed by atoms with van der Waals surface area (Å²) in [6, 6.07) is 24.5. The van der Waals surface area contributed by atoms with Gasteiger partial charge in [0.2, 0.25) is 0 Å². The highest BCUT2D eigenvalue weighted by Gasteiger charge is 2.20. The Kier molecular flexibility index (Phi) is 7.09. The van der Waals surface area contributed by atoms with Crippen LogP contribution in [-0.2, 0) is 19.3 Å². The molecule has 0 aliphatic heterocycles. The molecule has 0 fully saturated rings. The molecule has 0 nitrogen and oxygen atoms in total. The lowest BCUT2D eigenvalue weighted by Crippen LogP contribution is -2.07. The summed E-state index contributed by atoms with van der Waals surface area (Å²) in [7, 11) is 0. The first-order valence-electron chi connectivity index (χ1n) is 10.9. The van der Waals surface area contributed by atoms with Crippen molar-refractivity contribution >= 4 is 0 Å². The summed E-state index contributed by atoms with van der Waals surface area (Å²) in [6.07, 6.45) is 5.87. The summed E-state index contributed by atoms with van der Waals surface area (Å²) in [5.74, 6) is 0.638. The van der Waals surface area contributed by atoms with E-state index in [1.54, 1.807) is 11.1 Å². The number of hydrogen-bond donors (Lipinski definition) is 0. The molecule has 0 spiro atoms. The van der Waals surface area contributed by atoms with Gasteiger partial charge in [-0.15, -0.1) is 0 Å². The number of hydrogen-bond acceptors (Lipinski definition) is 0. The summed E-state index contributed by atoms with van der Waals surface area (Å²) < 4.78 is 0. The molecular formula is C28H34. The molecule has 0 unspecified atom stereocenters. The van der Waals surface area contributed by atoms with Gasteiger partial charge < -0.3 is 0 Å². The minimum absolute atomic E-state index is 0.638. The normalized spacial score (nSPS) is 11.2. The summed E-state index contributed by atoms with van der Waals surface area (Å²) in [5.41, 5.74) is 10.2. The average molecular weight is 371 g/mol. The van der Waals surface area contributed by atoms with Gasteiger partial charge in [-0.25, -0.2) is 0 Å². The smallest absolute Gasteiger partial charge is 0.00677 e. The second-order valence-electron chi connectivity index (χ2n) is 8.21. The van der Waals surface area contributed by atoms with E-state index < -0.39 is 0 Å². The van der Waals surface area contributed by atoms with Crippen molar-refractivity contribution in [2.75, 3.05) is 0 Å². The highest BCUT2D eigenvalue weighted by atomic mass is 14.2. The molecule has 0 radical (unpaired) electrons. The van der Waals surface area contributed by atoms with Gasteiger partial charge in [0.05, 0.1) is 0 Å². The Labute approximate surface area is 171 Å². The fraction of sp³-hybridized carbons (Fsp3) is 0.357. The molecule has 0 aliphatic rings. The van der Waals surface area contributed by atoms with Gasteiger partial charge in [0.1, 0.15) is 0 Å². The second-order valence-corrected chi connectivity index (χ2v) is 8.21. The zero-order valence-corrected chi connectivity index (χ0v) is 18.0. The van der Waals surface area contributed by atoms with Crippen molar-refractivity contribution in [3.63, 3.8) is 0 Å². The zero-order chi connectivity index (χ0) is 19.9. The molecule has 0 bridgehead atoms. The first kappa shape index (κ1) is 20.4. The van der Waals surface area contributed by atoms with E-state index in [4.69, 9.17) is 0 Å². The van der Waals surface area contributed by atoms with Crippen molar-refractivity contribution in [1.82, 2.24) is 0 Å². The first-order valence-corrected chi connectivity index (χ1v) is 10.9. The Morgan fingerprint density at radius 2 is 1.29 bits per heavy atom. The monoisotopic (exact) mass is 370 g/mol. The van der Waals surface area contributed by atoms with Gasteiger partial charge in [0, 0.05) is 0 Å². The van der Waals surface area contributed by atoms with Gasteiger partial charge in [-0.05, 0) is 70.5 Å². The van der Waals surface area contributed by atoms with E-state index in [1.165, 1.54) is 47.1 Å². The molecule has 0 heteroatoms. The Bertz CT molecular complexity index is 873. The van der Waals surface area contributed by atoms with E-state index in [-0.39, 0.29) is 0 Å². The highest BCUT2D eigenvalue weighted by Crippen LogP contribution is 2.41. The Hall–Kier alpha value is -2.34. The van der Waals surface area contributed by atoms with Crippen LogP contribution in [0.1, 0.15) is 57.2 Å². The molecule has 0 N–H and O–H groups in total. The molecule has 3 rings (SSSR count). The Balaban J connectivity index is 2.36. The van der Waals surface area contributed by atoms with Crippen LogP contribution in [0.5, 0.6) is 0 Å². The maximum Gasteiger partial charge on any atom is -0.00677 e. The first-order chi connectivity index (χ1) is 13.7. The van der Waals surface area contributed by atoms with Crippen LogP contribution >= 0.6 is 0 Å². The fourth-order valence-corrected chi connectivity index (χ4v) is 4.21. The van der Waals surface area contributed by atoms with Crippen molar-refractivity contribution in [2.45, 2.75) is 59.8 Å². The van der Waals surface area contributed by atoms with Crippen LogP contribution in [0, 0.1) is 5.92 Å². The van der Waals surface area contributed by atoms with Gasteiger partial charge in [0.15, 0.2) is 0 Å². The number of unbranched alkanes of at least 4 members (excludes halogenated alkanes) is 1. The van der Waals surface area contributed by atoms with Crippen LogP contribution in [0.2, 0.25) is 0 Å².